The number of sulfonamides is 1. The third-order valence-corrected chi connectivity index (χ3v) is 6.53. The van der Waals surface area contributed by atoms with E-state index in [4.69, 9.17) is 4.74 Å². The maximum Gasteiger partial charge on any atom is 0.328 e. The molecule has 0 radical (unpaired) electrons. The van der Waals surface area contributed by atoms with Gasteiger partial charge in [-0.15, -0.1) is 0 Å². The minimum atomic E-state index is -4.27. The number of carbonyl (C=O) groups is 1. The van der Waals surface area contributed by atoms with Crippen LogP contribution in [0, 0.1) is 10.1 Å². The number of imidazole rings is 1. The summed E-state index contributed by atoms with van der Waals surface area (Å²) in [4.78, 5) is 34.4. The van der Waals surface area contributed by atoms with Gasteiger partial charge in [0.1, 0.15) is 6.54 Å². The molecule has 1 aromatic heterocycles. The van der Waals surface area contributed by atoms with Crippen LogP contribution in [0.1, 0.15) is 6.92 Å². The number of ether oxygens (including phenoxy) is 1. The van der Waals surface area contributed by atoms with Gasteiger partial charge in [0.05, 0.1) is 33.1 Å². The van der Waals surface area contributed by atoms with Crippen LogP contribution >= 0.6 is 0 Å². The minimum absolute atomic E-state index is 0.0562. The summed E-state index contributed by atoms with van der Waals surface area (Å²) >= 11 is 0. The lowest BCUT2D eigenvalue weighted by atomic mass is 10.3. The Kier molecular flexibility index (Phi) is 5.84. The summed E-state index contributed by atoms with van der Waals surface area (Å²) in [5.74, 6) is -0.780. The Morgan fingerprint density at radius 2 is 1.71 bits per heavy atom. The lowest BCUT2D eigenvalue weighted by Gasteiger charge is -2.23. The van der Waals surface area contributed by atoms with Gasteiger partial charge < -0.3 is 4.74 Å². The Bertz CT molecular complexity index is 1320. The van der Waals surface area contributed by atoms with E-state index < -0.39 is 27.5 Å². The van der Waals surface area contributed by atoms with Gasteiger partial charge in [-0.2, -0.15) is 0 Å². The topological polar surface area (TPSA) is 134 Å². The van der Waals surface area contributed by atoms with Gasteiger partial charge in [-0.1, -0.05) is 0 Å². The number of fused-ring (bicyclic) bond motifs is 1. The van der Waals surface area contributed by atoms with Gasteiger partial charge >= 0.3 is 11.7 Å². The number of nitro groups is 1. The number of hydrogen-bond acceptors (Lipinski definition) is 7. The van der Waals surface area contributed by atoms with Crippen molar-refractivity contribution in [1.29, 1.82) is 0 Å². The fourth-order valence-electron chi connectivity index (χ4n) is 3.15. The SMILES string of the molecule is CCOC(=O)CN(c1ccc([N+](=O)[O-])cc1)S(=O)(=O)c1ccc2c(c1)n(C)c(=O)n2C. The molecule has 0 amide bonds. The van der Waals surface area contributed by atoms with Gasteiger partial charge in [-0.25, -0.2) is 13.2 Å². The highest BCUT2D eigenvalue weighted by atomic mass is 32.2. The molecule has 164 valence electrons. The Hall–Kier alpha value is -3.67. The molecule has 3 rings (SSSR count). The zero-order valence-electron chi connectivity index (χ0n) is 17.0. The number of carbonyl (C=O) groups excluding carboxylic acids is 1. The van der Waals surface area contributed by atoms with Crippen molar-refractivity contribution in [2.24, 2.45) is 14.1 Å². The highest BCUT2D eigenvalue weighted by Crippen LogP contribution is 2.27. The second-order valence-electron chi connectivity index (χ2n) is 6.64. The van der Waals surface area contributed by atoms with Crippen LogP contribution in [-0.2, 0) is 33.7 Å². The second-order valence-corrected chi connectivity index (χ2v) is 8.50. The first kappa shape index (κ1) is 22.0. The Labute approximate surface area is 177 Å². The predicted molar refractivity (Wildman–Crippen MR) is 112 cm³/mol. The van der Waals surface area contributed by atoms with Crippen LogP contribution in [0.2, 0.25) is 0 Å². The minimum Gasteiger partial charge on any atom is -0.465 e. The molecule has 1 heterocycles. The predicted octanol–water partition coefficient (Wildman–Crippen LogP) is 1.54. The van der Waals surface area contributed by atoms with E-state index in [1.165, 1.54) is 46.5 Å². The highest BCUT2D eigenvalue weighted by Gasteiger charge is 2.29. The highest BCUT2D eigenvalue weighted by molar-refractivity contribution is 7.92. The van der Waals surface area contributed by atoms with E-state index in [2.05, 4.69) is 0 Å². The number of hydrogen-bond donors (Lipinski definition) is 0. The summed E-state index contributed by atoms with van der Waals surface area (Å²) in [6, 6.07) is 8.95. The molecular formula is C19H20N4O7S. The number of aryl methyl sites for hydroxylation is 2. The largest absolute Gasteiger partial charge is 0.465 e. The smallest absolute Gasteiger partial charge is 0.328 e. The molecule has 0 N–H and O–H groups in total. The van der Waals surface area contributed by atoms with E-state index in [0.29, 0.717) is 11.0 Å². The van der Waals surface area contributed by atoms with Gasteiger partial charge in [0.25, 0.3) is 15.7 Å². The summed E-state index contributed by atoms with van der Waals surface area (Å²) in [5.41, 5.74) is 0.453. The molecule has 0 aliphatic heterocycles. The maximum absolute atomic E-state index is 13.4. The average Bonchev–Trinajstić information content (AvgIpc) is 2.96. The third-order valence-electron chi connectivity index (χ3n) is 4.76. The quantitative estimate of drug-likeness (QED) is 0.304. The van der Waals surface area contributed by atoms with E-state index in [-0.39, 0.29) is 28.6 Å². The van der Waals surface area contributed by atoms with Crippen LogP contribution in [0.5, 0.6) is 0 Å². The van der Waals surface area contributed by atoms with Gasteiger partial charge in [0.2, 0.25) is 0 Å². The van der Waals surface area contributed by atoms with Crippen molar-refractivity contribution in [1.82, 2.24) is 9.13 Å². The van der Waals surface area contributed by atoms with E-state index in [0.717, 1.165) is 16.4 Å². The second kappa shape index (κ2) is 8.22. The number of esters is 1. The first-order valence-electron chi connectivity index (χ1n) is 9.16. The Balaban J connectivity index is 2.13. The molecular weight excluding hydrogens is 428 g/mol. The molecule has 31 heavy (non-hydrogen) atoms. The molecule has 0 bridgehead atoms. The summed E-state index contributed by atoms with van der Waals surface area (Å²) < 4.78 is 35.3. The van der Waals surface area contributed by atoms with Crippen molar-refractivity contribution in [2.75, 3.05) is 17.5 Å². The normalized spacial score (nSPS) is 11.5. The van der Waals surface area contributed by atoms with Crippen molar-refractivity contribution in [3.05, 3.63) is 63.1 Å². The molecule has 3 aromatic rings. The summed E-state index contributed by atoms with van der Waals surface area (Å²) in [7, 11) is -1.18. The molecule has 0 fully saturated rings. The summed E-state index contributed by atoms with van der Waals surface area (Å²) in [6.07, 6.45) is 0. The number of non-ortho nitro benzene ring substituents is 1. The van der Waals surface area contributed by atoms with Crippen molar-refractivity contribution in [3.63, 3.8) is 0 Å². The molecule has 0 saturated carbocycles. The zero-order valence-corrected chi connectivity index (χ0v) is 17.8. The molecule has 0 spiro atoms. The molecule has 0 unspecified atom stereocenters. The number of nitro benzene ring substituents is 1. The fraction of sp³-hybridized carbons (Fsp3) is 0.263. The number of anilines is 1. The van der Waals surface area contributed by atoms with Crippen LogP contribution in [-0.4, -0.2) is 41.6 Å². The number of benzene rings is 2. The first-order valence-corrected chi connectivity index (χ1v) is 10.6. The van der Waals surface area contributed by atoms with Crippen LogP contribution < -0.4 is 9.99 Å². The van der Waals surface area contributed by atoms with E-state index >= 15 is 0 Å². The lowest BCUT2D eigenvalue weighted by molar-refractivity contribution is -0.384. The lowest BCUT2D eigenvalue weighted by Crippen LogP contribution is -2.36. The molecule has 2 aromatic carbocycles. The standard InChI is InChI=1S/C19H20N4O7S/c1-4-30-18(24)12-22(13-5-7-14(8-6-13)23(26)27)31(28,29)15-9-10-16-17(11-15)21(3)19(25)20(16)2/h5-11H,4,12H2,1-3H3. The number of nitrogens with zero attached hydrogens (tertiary/aromatic N) is 4. The van der Waals surface area contributed by atoms with E-state index in [9.17, 15) is 28.1 Å². The summed E-state index contributed by atoms with van der Waals surface area (Å²) in [6.45, 7) is 1.03. The van der Waals surface area contributed by atoms with Crippen molar-refractivity contribution in [3.8, 4) is 0 Å². The Morgan fingerprint density at radius 3 is 2.29 bits per heavy atom. The first-order chi connectivity index (χ1) is 14.6. The van der Waals surface area contributed by atoms with Gasteiger partial charge in [-0.05, 0) is 37.3 Å². The maximum atomic E-state index is 13.4. The molecule has 12 heteroatoms. The molecule has 0 atom stereocenters. The van der Waals surface area contributed by atoms with Crippen molar-refractivity contribution in [2.45, 2.75) is 11.8 Å². The molecule has 0 saturated heterocycles. The van der Waals surface area contributed by atoms with Crippen molar-refractivity contribution < 1.29 is 22.9 Å². The van der Waals surface area contributed by atoms with Crippen LogP contribution in [0.3, 0.4) is 0 Å². The van der Waals surface area contributed by atoms with Gasteiger partial charge in [-0.3, -0.25) is 28.3 Å². The van der Waals surface area contributed by atoms with Crippen molar-refractivity contribution >= 4 is 38.4 Å². The van der Waals surface area contributed by atoms with Gasteiger partial charge in [0, 0.05) is 26.2 Å². The van der Waals surface area contributed by atoms with Crippen LogP contribution in [0.4, 0.5) is 11.4 Å². The monoisotopic (exact) mass is 448 g/mol. The zero-order chi connectivity index (χ0) is 22.9. The molecule has 0 aliphatic carbocycles. The van der Waals surface area contributed by atoms with Gasteiger partial charge in [0.15, 0.2) is 0 Å². The van der Waals surface area contributed by atoms with Crippen LogP contribution in [0.25, 0.3) is 11.0 Å². The molecule has 0 aliphatic rings. The van der Waals surface area contributed by atoms with Crippen LogP contribution in [0.15, 0.2) is 52.2 Å². The molecule has 11 nitrogen and oxygen atoms in total. The number of aromatic nitrogens is 2. The Morgan fingerprint density at radius 1 is 1.10 bits per heavy atom. The van der Waals surface area contributed by atoms with E-state index in [1.807, 2.05) is 0 Å². The summed E-state index contributed by atoms with van der Waals surface area (Å²) in [5, 5.41) is 10.9. The average molecular weight is 448 g/mol. The number of rotatable bonds is 7. The van der Waals surface area contributed by atoms with E-state index in [1.54, 1.807) is 14.0 Å². The third kappa shape index (κ3) is 4.01. The fourth-order valence-corrected chi connectivity index (χ4v) is 4.58.